The van der Waals surface area contributed by atoms with Gasteiger partial charge in [-0.3, -0.25) is 9.59 Å². The minimum atomic E-state index is -4.64. The Morgan fingerprint density at radius 2 is 1.95 bits per heavy atom. The summed E-state index contributed by atoms with van der Waals surface area (Å²) < 4.78 is 39.3. The number of rotatable bonds is 5. The molecule has 0 aliphatic heterocycles. The van der Waals surface area contributed by atoms with E-state index in [0.29, 0.717) is 0 Å². The van der Waals surface area contributed by atoms with Crippen molar-refractivity contribution in [1.82, 2.24) is 5.32 Å². The summed E-state index contributed by atoms with van der Waals surface area (Å²) in [4.78, 5) is 23.8. The van der Waals surface area contributed by atoms with Gasteiger partial charge in [0.15, 0.2) is 0 Å². The zero-order valence-electron chi connectivity index (χ0n) is 12.1. The molecule has 1 aromatic carbocycles. The van der Waals surface area contributed by atoms with E-state index >= 15 is 0 Å². The van der Waals surface area contributed by atoms with Gasteiger partial charge in [-0.1, -0.05) is 18.5 Å². The van der Waals surface area contributed by atoms with Crippen molar-refractivity contribution in [3.63, 3.8) is 0 Å². The maximum absolute atomic E-state index is 13.1. The molecule has 2 amide bonds. The van der Waals surface area contributed by atoms with Crippen molar-refractivity contribution < 1.29 is 22.8 Å². The number of carbonyl (C=O) groups is 2. The highest BCUT2D eigenvalue weighted by Crippen LogP contribution is 2.38. The molecular weight excluding hydrogens is 321 g/mol. The molecule has 0 bridgehead atoms. The third-order valence-electron chi connectivity index (χ3n) is 2.91. The Balaban J connectivity index is 3.06. The van der Waals surface area contributed by atoms with Crippen molar-refractivity contribution in [2.24, 2.45) is 0 Å². The molecule has 0 fully saturated rings. The van der Waals surface area contributed by atoms with Crippen molar-refractivity contribution >= 4 is 29.1 Å². The Hall–Kier alpha value is -1.76. The summed E-state index contributed by atoms with van der Waals surface area (Å²) in [5.74, 6) is -0.797. The van der Waals surface area contributed by atoms with Crippen molar-refractivity contribution in [1.29, 1.82) is 0 Å². The van der Waals surface area contributed by atoms with Crippen LogP contribution in [0.15, 0.2) is 18.2 Å². The van der Waals surface area contributed by atoms with Gasteiger partial charge in [-0.05, 0) is 18.2 Å². The largest absolute Gasteiger partial charge is 0.418 e. The molecule has 0 atom stereocenters. The normalized spacial score (nSPS) is 11.2. The van der Waals surface area contributed by atoms with Crippen LogP contribution in [-0.4, -0.2) is 24.9 Å². The quantitative estimate of drug-likeness (QED) is 0.897. The van der Waals surface area contributed by atoms with Crippen molar-refractivity contribution in [2.45, 2.75) is 26.4 Å². The molecular formula is C14H16ClF3N2O2. The van der Waals surface area contributed by atoms with Gasteiger partial charge in [-0.25, -0.2) is 0 Å². The standard InChI is InChI=1S/C14H16ClF3N2O2/c1-3-13(22)19-6-7-20(9(2)21)12-5-4-10(15)8-11(12)14(16,17)18/h4-5,8H,3,6-7H2,1-2H3,(H,19,22). The van der Waals surface area contributed by atoms with Gasteiger partial charge >= 0.3 is 6.18 Å². The average Bonchev–Trinajstić information content (AvgIpc) is 2.42. The zero-order valence-corrected chi connectivity index (χ0v) is 12.9. The average molecular weight is 337 g/mol. The first-order valence-electron chi connectivity index (χ1n) is 6.58. The van der Waals surface area contributed by atoms with E-state index in [1.807, 2.05) is 0 Å². The number of nitrogens with one attached hydrogen (secondary N) is 1. The second-order valence-corrected chi connectivity index (χ2v) is 4.97. The highest BCUT2D eigenvalue weighted by atomic mass is 35.5. The number of alkyl halides is 3. The summed E-state index contributed by atoms with van der Waals surface area (Å²) >= 11 is 5.61. The van der Waals surface area contributed by atoms with Gasteiger partial charge in [0.25, 0.3) is 0 Å². The second-order valence-electron chi connectivity index (χ2n) is 4.53. The summed E-state index contributed by atoms with van der Waals surface area (Å²) in [5.41, 5.74) is -1.27. The molecule has 0 saturated carbocycles. The van der Waals surface area contributed by atoms with E-state index in [1.54, 1.807) is 6.92 Å². The lowest BCUT2D eigenvalue weighted by molar-refractivity contribution is -0.137. The highest BCUT2D eigenvalue weighted by Gasteiger charge is 2.35. The molecule has 0 spiro atoms. The molecule has 0 unspecified atom stereocenters. The van der Waals surface area contributed by atoms with E-state index in [9.17, 15) is 22.8 Å². The molecule has 22 heavy (non-hydrogen) atoms. The van der Waals surface area contributed by atoms with Crippen LogP contribution < -0.4 is 10.2 Å². The molecule has 122 valence electrons. The van der Waals surface area contributed by atoms with E-state index in [-0.39, 0.29) is 36.1 Å². The van der Waals surface area contributed by atoms with E-state index < -0.39 is 17.6 Å². The first-order chi connectivity index (χ1) is 10.2. The third-order valence-corrected chi connectivity index (χ3v) is 3.15. The molecule has 0 aliphatic rings. The summed E-state index contributed by atoms with van der Waals surface area (Å²) in [5, 5.41) is 2.45. The van der Waals surface area contributed by atoms with Gasteiger partial charge in [-0.2, -0.15) is 13.2 Å². The maximum Gasteiger partial charge on any atom is 0.418 e. The SMILES string of the molecule is CCC(=O)NCCN(C(C)=O)c1ccc(Cl)cc1C(F)(F)F. The Morgan fingerprint density at radius 1 is 1.32 bits per heavy atom. The number of hydrogen-bond acceptors (Lipinski definition) is 2. The van der Waals surface area contributed by atoms with Crippen LogP contribution in [0, 0.1) is 0 Å². The number of benzene rings is 1. The summed E-state index contributed by atoms with van der Waals surface area (Å²) in [7, 11) is 0. The maximum atomic E-state index is 13.1. The van der Waals surface area contributed by atoms with Gasteiger partial charge < -0.3 is 10.2 Å². The summed E-state index contributed by atoms with van der Waals surface area (Å²) in [6.45, 7) is 2.81. The van der Waals surface area contributed by atoms with Crippen molar-refractivity contribution in [2.75, 3.05) is 18.0 Å². The predicted octanol–water partition coefficient (Wildman–Crippen LogP) is 3.24. The molecule has 8 heteroatoms. The minimum Gasteiger partial charge on any atom is -0.354 e. The Labute approximate surface area is 131 Å². The minimum absolute atomic E-state index is 0.0617. The number of amides is 2. The first kappa shape index (κ1) is 18.3. The smallest absolute Gasteiger partial charge is 0.354 e. The van der Waals surface area contributed by atoms with Gasteiger partial charge in [0.1, 0.15) is 0 Å². The fourth-order valence-electron chi connectivity index (χ4n) is 1.85. The number of anilines is 1. The second kappa shape index (κ2) is 7.49. The molecule has 1 aromatic rings. The van der Waals surface area contributed by atoms with Crippen LogP contribution in [-0.2, 0) is 15.8 Å². The van der Waals surface area contributed by atoms with Crippen molar-refractivity contribution in [3.8, 4) is 0 Å². The van der Waals surface area contributed by atoms with E-state index in [1.165, 1.54) is 6.07 Å². The van der Waals surface area contributed by atoms with Crippen LogP contribution in [0.25, 0.3) is 0 Å². The molecule has 0 heterocycles. The van der Waals surface area contributed by atoms with Gasteiger partial charge in [0.05, 0.1) is 11.3 Å². The van der Waals surface area contributed by atoms with Gasteiger partial charge in [0.2, 0.25) is 11.8 Å². The van der Waals surface area contributed by atoms with Crippen LogP contribution >= 0.6 is 11.6 Å². The summed E-state index contributed by atoms with van der Waals surface area (Å²) in [6, 6.07) is 3.21. The fraction of sp³-hybridized carbons (Fsp3) is 0.429. The lowest BCUT2D eigenvalue weighted by atomic mass is 10.1. The molecule has 0 radical (unpaired) electrons. The number of hydrogen-bond donors (Lipinski definition) is 1. The lowest BCUT2D eigenvalue weighted by Gasteiger charge is -2.25. The molecule has 1 rings (SSSR count). The molecule has 0 saturated heterocycles. The number of carbonyl (C=O) groups excluding carboxylic acids is 2. The predicted molar refractivity (Wildman–Crippen MR) is 77.8 cm³/mol. The van der Waals surface area contributed by atoms with Gasteiger partial charge in [0, 0.05) is 31.5 Å². The first-order valence-corrected chi connectivity index (χ1v) is 6.96. The molecule has 0 aromatic heterocycles. The highest BCUT2D eigenvalue weighted by molar-refractivity contribution is 6.30. The molecule has 0 aliphatic carbocycles. The van der Waals surface area contributed by atoms with Crippen LogP contribution in [0.2, 0.25) is 5.02 Å². The zero-order chi connectivity index (χ0) is 16.9. The van der Waals surface area contributed by atoms with E-state index in [4.69, 9.17) is 11.6 Å². The Bertz CT molecular complexity index is 562. The lowest BCUT2D eigenvalue weighted by Crippen LogP contribution is -2.38. The number of halogens is 4. The molecule has 1 N–H and O–H groups in total. The van der Waals surface area contributed by atoms with E-state index in [2.05, 4.69) is 5.32 Å². The summed E-state index contributed by atoms with van der Waals surface area (Å²) in [6.07, 6.45) is -4.38. The van der Waals surface area contributed by atoms with E-state index in [0.717, 1.165) is 24.0 Å². The molecule has 4 nitrogen and oxygen atoms in total. The topological polar surface area (TPSA) is 49.4 Å². The van der Waals surface area contributed by atoms with Crippen LogP contribution in [0.3, 0.4) is 0 Å². The van der Waals surface area contributed by atoms with Crippen molar-refractivity contribution in [3.05, 3.63) is 28.8 Å². The fourth-order valence-corrected chi connectivity index (χ4v) is 2.02. The van der Waals surface area contributed by atoms with Crippen LogP contribution in [0.1, 0.15) is 25.8 Å². The third kappa shape index (κ3) is 4.91. The van der Waals surface area contributed by atoms with Crippen LogP contribution in [0.5, 0.6) is 0 Å². The Kier molecular flexibility index (Phi) is 6.22. The Morgan fingerprint density at radius 3 is 2.45 bits per heavy atom. The monoisotopic (exact) mass is 336 g/mol. The van der Waals surface area contributed by atoms with Gasteiger partial charge in [-0.15, -0.1) is 0 Å². The number of nitrogens with zero attached hydrogens (tertiary/aromatic N) is 1. The van der Waals surface area contributed by atoms with Crippen LogP contribution in [0.4, 0.5) is 18.9 Å².